The van der Waals surface area contributed by atoms with E-state index in [1.165, 1.54) is 18.2 Å². The first-order valence-electron chi connectivity index (χ1n) is 6.14. The molecule has 1 atom stereocenters. The molecule has 1 aliphatic heterocycles. The quantitative estimate of drug-likeness (QED) is 0.715. The van der Waals surface area contributed by atoms with E-state index in [0.29, 0.717) is 19.4 Å². The van der Waals surface area contributed by atoms with Crippen LogP contribution in [0, 0.1) is 0 Å². The maximum Gasteiger partial charge on any atom is 0.335 e. The first kappa shape index (κ1) is 15.9. The number of piperidine rings is 1. The molecule has 0 bridgehead atoms. The summed E-state index contributed by atoms with van der Waals surface area (Å²) in [5.41, 5.74) is -0.0313. The van der Waals surface area contributed by atoms with Gasteiger partial charge in [-0.3, -0.25) is 4.79 Å². The van der Waals surface area contributed by atoms with Gasteiger partial charge in [-0.15, -0.1) is 0 Å². The third-order valence-electron chi connectivity index (χ3n) is 3.05. The predicted molar refractivity (Wildman–Crippen MR) is 77.5 cm³/mol. The van der Waals surface area contributed by atoms with Crippen LogP contribution in [0.4, 0.5) is 0 Å². The highest BCUT2D eigenvalue weighted by Crippen LogP contribution is 2.24. The SMILES string of the molecule is O=C(O)c1ccc(S(=O)(=O)NC2CCCNC2=O)c(Br)c1. The van der Waals surface area contributed by atoms with Crippen molar-refractivity contribution in [3.63, 3.8) is 0 Å². The van der Waals surface area contributed by atoms with Gasteiger partial charge in [-0.05, 0) is 47.0 Å². The molecule has 0 saturated carbocycles. The lowest BCUT2D eigenvalue weighted by atomic mass is 10.1. The normalized spacial score (nSPS) is 19.1. The number of hydrogen-bond donors (Lipinski definition) is 3. The van der Waals surface area contributed by atoms with Gasteiger partial charge in [0.15, 0.2) is 0 Å². The van der Waals surface area contributed by atoms with Crippen LogP contribution in [-0.2, 0) is 14.8 Å². The number of carbonyl (C=O) groups is 2. The van der Waals surface area contributed by atoms with Gasteiger partial charge in [0.2, 0.25) is 15.9 Å². The van der Waals surface area contributed by atoms with Crippen molar-refractivity contribution in [2.45, 2.75) is 23.8 Å². The molecule has 1 amide bonds. The molecule has 1 heterocycles. The van der Waals surface area contributed by atoms with Crippen molar-refractivity contribution in [2.24, 2.45) is 0 Å². The molecule has 1 saturated heterocycles. The average molecular weight is 377 g/mol. The Labute approximate surface area is 129 Å². The molecule has 9 heteroatoms. The number of sulfonamides is 1. The monoisotopic (exact) mass is 376 g/mol. The number of carbonyl (C=O) groups excluding carboxylic acids is 1. The standard InChI is InChI=1S/C12H13BrN2O5S/c13-8-6-7(12(17)18)3-4-10(8)21(19,20)15-9-2-1-5-14-11(9)16/h3-4,6,9,15H,1-2,5H2,(H,14,16)(H,17,18). The third-order valence-corrected chi connectivity index (χ3v) is 5.50. The Hall–Kier alpha value is -1.45. The van der Waals surface area contributed by atoms with Crippen molar-refractivity contribution >= 4 is 37.8 Å². The van der Waals surface area contributed by atoms with Crippen molar-refractivity contribution in [3.8, 4) is 0 Å². The van der Waals surface area contributed by atoms with Gasteiger partial charge in [-0.2, -0.15) is 4.72 Å². The van der Waals surface area contributed by atoms with Gasteiger partial charge in [-0.1, -0.05) is 0 Å². The molecule has 7 nitrogen and oxygen atoms in total. The van der Waals surface area contributed by atoms with E-state index in [-0.39, 0.29) is 20.8 Å². The van der Waals surface area contributed by atoms with E-state index in [0.717, 1.165) is 0 Å². The second-order valence-corrected chi connectivity index (χ2v) is 7.09. The summed E-state index contributed by atoms with van der Waals surface area (Å²) in [5.74, 6) is -1.51. The molecule has 0 aromatic heterocycles. The Balaban J connectivity index is 2.27. The summed E-state index contributed by atoms with van der Waals surface area (Å²) in [6, 6.07) is 2.78. The van der Waals surface area contributed by atoms with Crippen LogP contribution in [0.2, 0.25) is 0 Å². The first-order chi connectivity index (χ1) is 9.81. The van der Waals surface area contributed by atoms with Crippen LogP contribution < -0.4 is 10.0 Å². The summed E-state index contributed by atoms with van der Waals surface area (Å²) in [7, 11) is -3.92. The molecule has 1 unspecified atom stereocenters. The molecule has 1 aromatic rings. The maximum atomic E-state index is 12.3. The first-order valence-corrected chi connectivity index (χ1v) is 8.42. The Kier molecular flexibility index (Phi) is 4.64. The van der Waals surface area contributed by atoms with Gasteiger partial charge in [-0.25, -0.2) is 13.2 Å². The van der Waals surface area contributed by atoms with Gasteiger partial charge in [0.1, 0.15) is 6.04 Å². The number of rotatable bonds is 4. The Morgan fingerprint density at radius 2 is 2.14 bits per heavy atom. The fraction of sp³-hybridized carbons (Fsp3) is 0.333. The van der Waals surface area contributed by atoms with E-state index in [2.05, 4.69) is 26.0 Å². The minimum Gasteiger partial charge on any atom is -0.478 e. The molecule has 2 rings (SSSR count). The van der Waals surface area contributed by atoms with E-state index < -0.39 is 22.0 Å². The Morgan fingerprint density at radius 3 is 2.71 bits per heavy atom. The molecule has 1 fully saturated rings. The van der Waals surface area contributed by atoms with E-state index in [4.69, 9.17) is 5.11 Å². The van der Waals surface area contributed by atoms with Crippen LogP contribution in [0.3, 0.4) is 0 Å². The lowest BCUT2D eigenvalue weighted by molar-refractivity contribution is -0.124. The summed E-state index contributed by atoms with van der Waals surface area (Å²) >= 11 is 3.05. The molecule has 0 spiro atoms. The molecule has 21 heavy (non-hydrogen) atoms. The number of hydrogen-bond acceptors (Lipinski definition) is 4. The van der Waals surface area contributed by atoms with Crippen molar-refractivity contribution < 1.29 is 23.1 Å². The van der Waals surface area contributed by atoms with Crippen LogP contribution in [-0.4, -0.2) is 38.0 Å². The molecular weight excluding hydrogens is 364 g/mol. The summed E-state index contributed by atoms with van der Waals surface area (Å²) in [6.07, 6.45) is 1.12. The number of carboxylic acid groups (broad SMARTS) is 1. The van der Waals surface area contributed by atoms with Crippen LogP contribution >= 0.6 is 15.9 Å². The third kappa shape index (κ3) is 3.60. The lowest BCUT2D eigenvalue weighted by Crippen LogP contribution is -2.50. The van der Waals surface area contributed by atoms with Crippen molar-refractivity contribution in [1.82, 2.24) is 10.0 Å². The topological polar surface area (TPSA) is 113 Å². The molecule has 114 valence electrons. The maximum absolute atomic E-state index is 12.3. The number of aromatic carboxylic acids is 1. The number of amides is 1. The molecule has 0 radical (unpaired) electrons. The van der Waals surface area contributed by atoms with Gasteiger partial charge < -0.3 is 10.4 Å². The number of nitrogens with one attached hydrogen (secondary N) is 2. The van der Waals surface area contributed by atoms with Crippen LogP contribution in [0.15, 0.2) is 27.6 Å². The van der Waals surface area contributed by atoms with E-state index in [9.17, 15) is 18.0 Å². The minimum absolute atomic E-state index is 0.0313. The highest BCUT2D eigenvalue weighted by molar-refractivity contribution is 9.10. The molecule has 1 aliphatic rings. The predicted octanol–water partition coefficient (Wildman–Crippen LogP) is 0.704. The largest absolute Gasteiger partial charge is 0.478 e. The highest BCUT2D eigenvalue weighted by Gasteiger charge is 2.28. The highest BCUT2D eigenvalue weighted by atomic mass is 79.9. The molecule has 3 N–H and O–H groups in total. The van der Waals surface area contributed by atoms with Gasteiger partial charge >= 0.3 is 5.97 Å². The van der Waals surface area contributed by atoms with Crippen LogP contribution in [0.5, 0.6) is 0 Å². The van der Waals surface area contributed by atoms with E-state index >= 15 is 0 Å². The summed E-state index contributed by atoms with van der Waals surface area (Å²) in [4.78, 5) is 22.3. The minimum atomic E-state index is -3.92. The number of carboxylic acids is 1. The fourth-order valence-corrected chi connectivity index (χ4v) is 4.29. The van der Waals surface area contributed by atoms with Gasteiger partial charge in [0, 0.05) is 11.0 Å². The zero-order chi connectivity index (χ0) is 15.6. The Morgan fingerprint density at radius 1 is 1.43 bits per heavy atom. The number of halogens is 1. The van der Waals surface area contributed by atoms with Crippen molar-refractivity contribution in [2.75, 3.05) is 6.54 Å². The average Bonchev–Trinajstić information content (AvgIpc) is 2.40. The summed E-state index contributed by atoms with van der Waals surface area (Å²) < 4.78 is 27.0. The zero-order valence-electron chi connectivity index (χ0n) is 10.8. The fourth-order valence-electron chi connectivity index (χ4n) is 1.99. The molecular formula is C12H13BrN2O5S. The Bertz CT molecular complexity index is 689. The summed E-state index contributed by atoms with van der Waals surface area (Å²) in [6.45, 7) is 0.536. The van der Waals surface area contributed by atoms with Crippen molar-refractivity contribution in [3.05, 3.63) is 28.2 Å². The molecule has 0 aliphatic carbocycles. The van der Waals surface area contributed by atoms with E-state index in [1.54, 1.807) is 0 Å². The van der Waals surface area contributed by atoms with Crippen LogP contribution in [0.1, 0.15) is 23.2 Å². The number of benzene rings is 1. The second-order valence-electron chi connectivity index (χ2n) is 4.56. The van der Waals surface area contributed by atoms with Crippen molar-refractivity contribution in [1.29, 1.82) is 0 Å². The lowest BCUT2D eigenvalue weighted by Gasteiger charge is -2.22. The van der Waals surface area contributed by atoms with E-state index in [1.807, 2.05) is 0 Å². The van der Waals surface area contributed by atoms with Gasteiger partial charge in [0.05, 0.1) is 10.5 Å². The smallest absolute Gasteiger partial charge is 0.335 e. The summed E-state index contributed by atoms with van der Waals surface area (Å²) in [5, 5.41) is 11.4. The van der Waals surface area contributed by atoms with Crippen LogP contribution in [0.25, 0.3) is 0 Å². The van der Waals surface area contributed by atoms with Gasteiger partial charge in [0.25, 0.3) is 0 Å². The molecule has 1 aromatic carbocycles. The zero-order valence-corrected chi connectivity index (χ0v) is 13.2. The second kappa shape index (κ2) is 6.12.